The Hall–Kier alpha value is -9.44. The van der Waals surface area contributed by atoms with Crippen molar-refractivity contribution in [3.8, 4) is 67.3 Å². The van der Waals surface area contributed by atoms with Gasteiger partial charge in [-0.3, -0.25) is 0 Å². The third-order valence-electron chi connectivity index (χ3n) is 16.4. The van der Waals surface area contributed by atoms with Gasteiger partial charge in [0.15, 0.2) is 5.82 Å². The molecule has 2 heterocycles. The first-order chi connectivity index (χ1) is 36.2. The van der Waals surface area contributed by atoms with Crippen LogP contribution in [-0.4, -0.2) is 9.97 Å². The lowest BCUT2D eigenvalue weighted by Gasteiger charge is -2.48. The first-order valence-electron chi connectivity index (χ1n) is 25.2. The molecule has 0 saturated carbocycles. The van der Waals surface area contributed by atoms with Gasteiger partial charge in [-0.2, -0.15) is 0 Å². The second-order valence-corrected chi connectivity index (χ2v) is 19.8. The number of aromatic nitrogens is 2. The van der Waals surface area contributed by atoms with E-state index in [-0.39, 0.29) is 0 Å². The third-order valence-corrected chi connectivity index (χ3v) is 16.4. The van der Waals surface area contributed by atoms with Crippen molar-refractivity contribution in [2.75, 3.05) is 0 Å². The van der Waals surface area contributed by atoms with E-state index < -0.39 is 10.8 Å². The molecule has 3 aliphatic rings. The molecule has 73 heavy (non-hydrogen) atoms. The Kier molecular flexibility index (Phi) is 8.30. The van der Waals surface area contributed by atoms with E-state index in [2.05, 4.69) is 249 Å². The van der Waals surface area contributed by atoms with Gasteiger partial charge in [0, 0.05) is 33.0 Å². The van der Waals surface area contributed by atoms with Crippen molar-refractivity contribution < 1.29 is 4.42 Å². The summed E-state index contributed by atoms with van der Waals surface area (Å²) in [7, 11) is 0. The molecular weight excluding hydrogens is 885 g/mol. The number of fused-ring (bicyclic) bond motifs is 21. The summed E-state index contributed by atoms with van der Waals surface area (Å²) < 4.78 is 7.19. The average molecular weight is 927 g/mol. The molecule has 338 valence electrons. The van der Waals surface area contributed by atoms with Crippen LogP contribution in [0.4, 0.5) is 0 Å². The highest BCUT2D eigenvalue weighted by molar-refractivity contribution is 6.11. The number of hydrogen-bond donors (Lipinski definition) is 0. The van der Waals surface area contributed by atoms with Crippen molar-refractivity contribution in [1.82, 2.24) is 9.97 Å². The van der Waals surface area contributed by atoms with Gasteiger partial charge in [0.25, 0.3) is 0 Å². The fourth-order valence-electron chi connectivity index (χ4n) is 13.5. The van der Waals surface area contributed by atoms with Gasteiger partial charge in [-0.1, -0.05) is 224 Å². The van der Waals surface area contributed by atoms with Crippen LogP contribution in [0, 0.1) is 0 Å². The third kappa shape index (κ3) is 5.38. The number of para-hydroxylation sites is 1. The lowest BCUT2D eigenvalue weighted by molar-refractivity contribution is 0.615. The second-order valence-electron chi connectivity index (χ2n) is 19.8. The molecule has 0 fully saturated rings. The molecule has 0 amide bonds. The molecule has 0 aliphatic heterocycles. The fraction of sp³-hybridized carbons (Fsp3) is 0.0286. The average Bonchev–Trinajstić information content (AvgIpc) is 4.22. The molecule has 16 rings (SSSR count). The van der Waals surface area contributed by atoms with E-state index in [4.69, 9.17) is 14.4 Å². The number of nitrogens with zero attached hydrogens (tertiary/aromatic N) is 2. The topological polar surface area (TPSA) is 38.9 Å². The monoisotopic (exact) mass is 926 g/mol. The molecule has 0 saturated heterocycles. The summed E-state index contributed by atoms with van der Waals surface area (Å²) in [6.45, 7) is 0. The predicted octanol–water partition coefficient (Wildman–Crippen LogP) is 17.2. The predicted molar refractivity (Wildman–Crippen MR) is 297 cm³/mol. The van der Waals surface area contributed by atoms with Crippen LogP contribution in [0.3, 0.4) is 0 Å². The number of hydrogen-bond acceptors (Lipinski definition) is 3. The number of rotatable bonds is 4. The van der Waals surface area contributed by atoms with Crippen LogP contribution in [0.2, 0.25) is 0 Å². The van der Waals surface area contributed by atoms with Crippen LogP contribution in [0.1, 0.15) is 44.5 Å². The van der Waals surface area contributed by atoms with E-state index in [0.717, 1.165) is 66.5 Å². The highest BCUT2D eigenvalue weighted by atomic mass is 16.3. The van der Waals surface area contributed by atoms with Gasteiger partial charge in [-0.25, -0.2) is 9.97 Å². The molecule has 0 N–H and O–H groups in total. The standard InChI is InChI=1S/C70H42N2O/c1-2-19-44(20-3-1)68-71-63(42-64(72-68)52-28-17-21-43-18-4-5-24-48(43)52)47-23-16-22-45(40-47)46-36-37-51-54-38-39-55-53-27-8-15-35-65(53)73-67(55)66(54)70(62(51)41-46)60-33-13-11-31-58(60)69(59-32-12-14-34-61(59)70)56-29-9-6-25-49(56)50-26-7-10-30-57(50)69/h1-42H. The Morgan fingerprint density at radius 1 is 0.288 bits per heavy atom. The van der Waals surface area contributed by atoms with Gasteiger partial charge in [-0.05, 0) is 113 Å². The van der Waals surface area contributed by atoms with Crippen molar-refractivity contribution in [3.63, 3.8) is 0 Å². The van der Waals surface area contributed by atoms with Crippen molar-refractivity contribution >= 4 is 32.7 Å². The molecule has 13 aromatic rings. The van der Waals surface area contributed by atoms with Crippen LogP contribution in [-0.2, 0) is 10.8 Å². The second kappa shape index (κ2) is 15.0. The summed E-state index contributed by atoms with van der Waals surface area (Å²) in [5, 5.41) is 4.59. The van der Waals surface area contributed by atoms with Crippen LogP contribution >= 0.6 is 0 Å². The smallest absolute Gasteiger partial charge is 0.160 e. The van der Waals surface area contributed by atoms with Crippen LogP contribution in [0.25, 0.3) is 100.0 Å². The van der Waals surface area contributed by atoms with E-state index in [1.165, 1.54) is 72.1 Å². The Labute approximate surface area is 422 Å². The van der Waals surface area contributed by atoms with Gasteiger partial charge >= 0.3 is 0 Å². The molecule has 3 heteroatoms. The zero-order valence-electron chi connectivity index (χ0n) is 39.6. The van der Waals surface area contributed by atoms with Gasteiger partial charge in [0.05, 0.1) is 22.2 Å². The normalized spacial score (nSPS) is 14.0. The van der Waals surface area contributed by atoms with E-state index in [1.807, 2.05) is 6.07 Å². The molecule has 0 unspecified atom stereocenters. The van der Waals surface area contributed by atoms with Crippen molar-refractivity contribution in [3.05, 3.63) is 299 Å². The zero-order valence-corrected chi connectivity index (χ0v) is 39.6. The van der Waals surface area contributed by atoms with Crippen LogP contribution < -0.4 is 0 Å². The first-order valence-corrected chi connectivity index (χ1v) is 25.2. The quantitative estimate of drug-likeness (QED) is 0.177. The van der Waals surface area contributed by atoms with Gasteiger partial charge in [-0.15, -0.1) is 0 Å². The molecular formula is C70H42N2O. The molecule has 0 atom stereocenters. The highest BCUT2D eigenvalue weighted by Gasteiger charge is 2.59. The summed E-state index contributed by atoms with van der Waals surface area (Å²) >= 11 is 0. The van der Waals surface area contributed by atoms with Gasteiger partial charge in [0.1, 0.15) is 11.2 Å². The fourth-order valence-corrected chi connectivity index (χ4v) is 13.5. The zero-order chi connectivity index (χ0) is 47.8. The molecule has 0 radical (unpaired) electrons. The maximum Gasteiger partial charge on any atom is 0.160 e. The summed E-state index contributed by atoms with van der Waals surface area (Å²) in [6, 6.07) is 93.5. The Morgan fingerprint density at radius 3 is 1.56 bits per heavy atom. The minimum absolute atomic E-state index is 0.552. The lowest BCUT2D eigenvalue weighted by Crippen LogP contribution is -2.43. The molecule has 2 aromatic heterocycles. The lowest BCUT2D eigenvalue weighted by atomic mass is 9.52. The molecule has 2 spiro atoms. The number of furan rings is 1. The Morgan fingerprint density at radius 2 is 0.808 bits per heavy atom. The summed E-state index contributed by atoms with van der Waals surface area (Å²) in [5.74, 6) is 0.695. The van der Waals surface area contributed by atoms with E-state index in [1.54, 1.807) is 0 Å². The van der Waals surface area contributed by atoms with Gasteiger partial charge in [0.2, 0.25) is 0 Å². The van der Waals surface area contributed by atoms with Crippen LogP contribution in [0.5, 0.6) is 0 Å². The highest BCUT2D eigenvalue weighted by Crippen LogP contribution is 2.68. The van der Waals surface area contributed by atoms with E-state index in [9.17, 15) is 0 Å². The Balaban J connectivity index is 0.954. The summed E-state index contributed by atoms with van der Waals surface area (Å²) in [6.07, 6.45) is 0. The molecule has 11 aromatic carbocycles. The molecule has 3 nitrogen and oxygen atoms in total. The van der Waals surface area contributed by atoms with Crippen LogP contribution in [0.15, 0.2) is 259 Å². The van der Waals surface area contributed by atoms with E-state index in [0.29, 0.717) is 5.82 Å². The van der Waals surface area contributed by atoms with Crippen molar-refractivity contribution in [2.45, 2.75) is 10.8 Å². The first kappa shape index (κ1) is 40.3. The largest absolute Gasteiger partial charge is 0.456 e. The minimum Gasteiger partial charge on any atom is -0.456 e. The maximum absolute atomic E-state index is 7.19. The molecule has 3 aliphatic carbocycles. The van der Waals surface area contributed by atoms with Crippen molar-refractivity contribution in [1.29, 1.82) is 0 Å². The summed E-state index contributed by atoms with van der Waals surface area (Å²) in [5.41, 5.74) is 22.8. The Bertz CT molecular complexity index is 4370. The minimum atomic E-state index is -0.749. The molecule has 0 bridgehead atoms. The van der Waals surface area contributed by atoms with E-state index >= 15 is 0 Å². The SMILES string of the molecule is c1ccc(-c2nc(-c3cccc(-c4ccc5c(c4)C4(c6ccccc6C6(c7ccccc7-c7ccccc76)c6ccccc64)c4c-5ccc5c4oc4ccccc45)c3)cc(-c3cccc4ccccc34)n2)cc1. The van der Waals surface area contributed by atoms with Gasteiger partial charge < -0.3 is 4.42 Å². The maximum atomic E-state index is 7.19. The van der Waals surface area contributed by atoms with Crippen molar-refractivity contribution in [2.24, 2.45) is 0 Å². The number of benzene rings is 11. The summed E-state index contributed by atoms with van der Waals surface area (Å²) in [4.78, 5) is 10.6.